The molecule has 0 spiro atoms. The van der Waals surface area contributed by atoms with Gasteiger partial charge in [0.15, 0.2) is 0 Å². The van der Waals surface area contributed by atoms with Crippen LogP contribution < -0.4 is 5.73 Å². The van der Waals surface area contributed by atoms with Gasteiger partial charge in [-0.25, -0.2) is 0 Å². The van der Waals surface area contributed by atoms with Gasteiger partial charge in [0.1, 0.15) is 0 Å². The van der Waals surface area contributed by atoms with E-state index in [9.17, 15) is 13.2 Å². The summed E-state index contributed by atoms with van der Waals surface area (Å²) in [6.45, 7) is 5.27. The van der Waals surface area contributed by atoms with Crippen LogP contribution in [0, 0.1) is 0 Å². The van der Waals surface area contributed by atoms with Gasteiger partial charge in [0.2, 0.25) is 5.91 Å². The molecule has 0 saturated heterocycles. The second-order valence-corrected chi connectivity index (χ2v) is 5.94. The lowest BCUT2D eigenvalue weighted by molar-refractivity contribution is -0.113. The number of amides is 1. The van der Waals surface area contributed by atoms with E-state index in [0.717, 1.165) is 18.9 Å². The number of hydrogen-bond donors (Lipinski definition) is 2. The first-order valence-corrected chi connectivity index (χ1v) is 8.31. The van der Waals surface area contributed by atoms with Gasteiger partial charge >= 0.3 is 0 Å². The predicted molar refractivity (Wildman–Crippen MR) is 78.4 cm³/mol. The third kappa shape index (κ3) is 26.6. The molecule has 1 amide bonds. The molecule has 0 aliphatic carbocycles. The standard InChI is InChI=1S/C10H22O3S.C3H5NO/c1-2-3-4-5-6-7-8-9-10-14(11,12)13;1-2-3(4)5/h2-10H2,1H3,(H,11,12,13);2H,1H2,(H2,4,5). The van der Waals surface area contributed by atoms with Gasteiger partial charge in [-0.05, 0) is 12.5 Å². The molecular weight excluding hydrogens is 266 g/mol. The molecule has 19 heavy (non-hydrogen) atoms. The summed E-state index contributed by atoms with van der Waals surface area (Å²) >= 11 is 0. The molecule has 5 nitrogen and oxygen atoms in total. The summed E-state index contributed by atoms with van der Waals surface area (Å²) in [5.41, 5.74) is 4.53. The fourth-order valence-electron chi connectivity index (χ4n) is 1.42. The Labute approximate surface area is 117 Å². The Morgan fingerprint density at radius 2 is 1.47 bits per heavy atom. The van der Waals surface area contributed by atoms with Crippen molar-refractivity contribution in [2.75, 3.05) is 5.75 Å². The first-order valence-electron chi connectivity index (χ1n) is 6.70. The van der Waals surface area contributed by atoms with Crippen molar-refractivity contribution in [3.8, 4) is 0 Å². The normalized spacial score (nSPS) is 10.4. The van der Waals surface area contributed by atoms with Crippen molar-refractivity contribution in [2.24, 2.45) is 5.73 Å². The van der Waals surface area contributed by atoms with Crippen LogP contribution in [0.25, 0.3) is 0 Å². The molecule has 0 radical (unpaired) electrons. The molecule has 0 unspecified atom stereocenters. The van der Waals surface area contributed by atoms with Crippen LogP contribution in [0.3, 0.4) is 0 Å². The first-order chi connectivity index (χ1) is 8.83. The Bertz CT molecular complexity index is 326. The van der Waals surface area contributed by atoms with E-state index in [-0.39, 0.29) is 5.75 Å². The van der Waals surface area contributed by atoms with Crippen molar-refractivity contribution in [1.29, 1.82) is 0 Å². The Hall–Kier alpha value is -0.880. The maximum absolute atomic E-state index is 10.4. The maximum atomic E-state index is 10.4. The van der Waals surface area contributed by atoms with Crippen LogP contribution in [0.1, 0.15) is 58.3 Å². The highest BCUT2D eigenvalue weighted by Gasteiger charge is 2.02. The predicted octanol–water partition coefficient (Wildman–Crippen LogP) is 2.67. The summed E-state index contributed by atoms with van der Waals surface area (Å²) in [7, 11) is -3.73. The fraction of sp³-hybridized carbons (Fsp3) is 0.769. The summed E-state index contributed by atoms with van der Waals surface area (Å²) in [5, 5.41) is 0. The van der Waals surface area contributed by atoms with E-state index in [2.05, 4.69) is 19.2 Å². The number of nitrogens with two attached hydrogens (primary N) is 1. The molecule has 0 rings (SSSR count). The van der Waals surface area contributed by atoms with Gasteiger partial charge in [0.05, 0.1) is 5.75 Å². The first kappa shape index (κ1) is 20.4. The summed E-state index contributed by atoms with van der Waals surface area (Å²) < 4.78 is 29.2. The van der Waals surface area contributed by atoms with Crippen molar-refractivity contribution in [2.45, 2.75) is 58.3 Å². The van der Waals surface area contributed by atoms with Crippen molar-refractivity contribution in [3.63, 3.8) is 0 Å². The molecule has 0 aromatic heterocycles. The molecule has 0 bridgehead atoms. The summed E-state index contributed by atoms with van der Waals surface area (Å²) in [6, 6.07) is 0. The zero-order valence-corrected chi connectivity index (χ0v) is 12.6. The lowest BCUT2D eigenvalue weighted by Gasteiger charge is -2.00. The van der Waals surface area contributed by atoms with E-state index in [1.54, 1.807) is 0 Å². The highest BCUT2D eigenvalue weighted by molar-refractivity contribution is 7.85. The average Bonchev–Trinajstić information content (AvgIpc) is 2.32. The number of primary amides is 1. The third-order valence-corrected chi connectivity index (χ3v) is 3.26. The van der Waals surface area contributed by atoms with E-state index >= 15 is 0 Å². The Morgan fingerprint density at radius 1 is 1.11 bits per heavy atom. The van der Waals surface area contributed by atoms with Gasteiger partial charge in [0, 0.05) is 0 Å². The lowest BCUT2D eigenvalue weighted by atomic mass is 10.1. The molecule has 0 atom stereocenters. The van der Waals surface area contributed by atoms with Crippen LogP contribution in [-0.2, 0) is 14.9 Å². The zero-order valence-electron chi connectivity index (χ0n) is 11.8. The smallest absolute Gasteiger partial charge is 0.264 e. The van der Waals surface area contributed by atoms with Crippen LogP contribution in [0.5, 0.6) is 0 Å². The topological polar surface area (TPSA) is 97.5 Å². The van der Waals surface area contributed by atoms with E-state index in [4.69, 9.17) is 4.55 Å². The molecular formula is C13H27NO4S. The summed E-state index contributed by atoms with van der Waals surface area (Å²) in [6.07, 6.45) is 9.91. The van der Waals surface area contributed by atoms with Gasteiger partial charge in [0.25, 0.3) is 10.1 Å². The van der Waals surface area contributed by atoms with Gasteiger partial charge in [-0.15, -0.1) is 0 Å². The number of hydrogen-bond acceptors (Lipinski definition) is 3. The number of carbonyl (C=O) groups is 1. The second-order valence-electron chi connectivity index (χ2n) is 4.37. The summed E-state index contributed by atoms with van der Waals surface area (Å²) in [5.74, 6) is -0.563. The van der Waals surface area contributed by atoms with Crippen molar-refractivity contribution < 1.29 is 17.8 Å². The van der Waals surface area contributed by atoms with Crippen LogP contribution >= 0.6 is 0 Å². The Morgan fingerprint density at radius 3 is 1.79 bits per heavy atom. The SMILES string of the molecule is C=CC(N)=O.CCCCCCCCCCS(=O)(=O)O. The molecule has 0 saturated carbocycles. The molecule has 0 aromatic carbocycles. The fourth-order valence-corrected chi connectivity index (χ4v) is 1.99. The van der Waals surface area contributed by atoms with E-state index in [1.165, 1.54) is 32.1 Å². The van der Waals surface area contributed by atoms with Crippen LogP contribution in [0.4, 0.5) is 0 Å². The zero-order chi connectivity index (χ0) is 15.1. The Kier molecular flexibility index (Phi) is 14.6. The van der Waals surface area contributed by atoms with Gasteiger partial charge in [-0.2, -0.15) is 8.42 Å². The van der Waals surface area contributed by atoms with Crippen molar-refractivity contribution in [3.05, 3.63) is 12.7 Å². The second kappa shape index (κ2) is 13.5. The Balaban J connectivity index is 0. The number of unbranched alkanes of at least 4 members (excludes halogenated alkanes) is 7. The van der Waals surface area contributed by atoms with Gasteiger partial charge < -0.3 is 5.73 Å². The molecule has 3 N–H and O–H groups in total. The summed E-state index contributed by atoms with van der Waals surface area (Å²) in [4.78, 5) is 9.47. The monoisotopic (exact) mass is 293 g/mol. The number of rotatable bonds is 10. The molecule has 114 valence electrons. The average molecular weight is 293 g/mol. The van der Waals surface area contributed by atoms with Crippen LogP contribution in [0.2, 0.25) is 0 Å². The van der Waals surface area contributed by atoms with Crippen LogP contribution in [0.15, 0.2) is 12.7 Å². The molecule has 6 heteroatoms. The van der Waals surface area contributed by atoms with E-state index in [1.807, 2.05) is 0 Å². The van der Waals surface area contributed by atoms with E-state index in [0.29, 0.717) is 6.42 Å². The molecule has 0 aliphatic rings. The molecule has 0 aromatic rings. The number of carbonyl (C=O) groups excluding carboxylic acids is 1. The molecule has 0 fully saturated rings. The van der Waals surface area contributed by atoms with Crippen molar-refractivity contribution in [1.82, 2.24) is 0 Å². The van der Waals surface area contributed by atoms with Crippen molar-refractivity contribution >= 4 is 16.0 Å². The largest absolute Gasteiger partial charge is 0.366 e. The minimum atomic E-state index is -3.73. The minimum absolute atomic E-state index is 0.0814. The lowest BCUT2D eigenvalue weighted by Crippen LogP contribution is -2.04. The highest BCUT2D eigenvalue weighted by atomic mass is 32.2. The van der Waals surface area contributed by atoms with Gasteiger partial charge in [-0.3, -0.25) is 9.35 Å². The maximum Gasteiger partial charge on any atom is 0.264 e. The minimum Gasteiger partial charge on any atom is -0.366 e. The highest BCUT2D eigenvalue weighted by Crippen LogP contribution is 2.08. The van der Waals surface area contributed by atoms with E-state index < -0.39 is 16.0 Å². The van der Waals surface area contributed by atoms with Gasteiger partial charge in [-0.1, -0.05) is 58.4 Å². The third-order valence-electron chi connectivity index (χ3n) is 2.46. The van der Waals surface area contributed by atoms with Crippen LogP contribution in [-0.4, -0.2) is 24.6 Å². The molecule has 0 aliphatic heterocycles. The molecule has 0 heterocycles. The quantitative estimate of drug-likeness (QED) is 0.367.